The molecular weight excluding hydrogens is 298 g/mol. The van der Waals surface area contributed by atoms with Gasteiger partial charge >= 0.3 is 0 Å². The molecule has 0 radical (unpaired) electrons. The van der Waals surface area contributed by atoms with Gasteiger partial charge in [0.1, 0.15) is 17.9 Å². The minimum Gasteiger partial charge on any atom is -0.366 e. The highest BCUT2D eigenvalue weighted by molar-refractivity contribution is 7.80. The monoisotopic (exact) mass is 319 g/mol. The van der Waals surface area contributed by atoms with Gasteiger partial charge < -0.3 is 26.2 Å². The van der Waals surface area contributed by atoms with Crippen molar-refractivity contribution >= 4 is 30.2 Å². The molecule has 8 nitrogen and oxygen atoms in total. The summed E-state index contributed by atoms with van der Waals surface area (Å²) < 4.78 is 4.80. The standard InChI is InChI=1S/C12H21N3O5S/c1-6(16)4-14-11(18)8(5-21)15-9(17)3-2-7(13)10-12(19)20-10/h7-8,10,12,19,21H,2-5,13H2,1H3,(H,14,18)(H,15,17). The van der Waals surface area contributed by atoms with Gasteiger partial charge in [-0.1, -0.05) is 0 Å². The average molecular weight is 319 g/mol. The van der Waals surface area contributed by atoms with Gasteiger partial charge in [0.15, 0.2) is 6.29 Å². The fraction of sp³-hybridized carbons (Fsp3) is 0.750. The van der Waals surface area contributed by atoms with Crippen LogP contribution in [0.15, 0.2) is 0 Å². The van der Waals surface area contributed by atoms with Crippen molar-refractivity contribution in [2.45, 2.75) is 44.2 Å². The Bertz CT molecular complexity index is 406. The maximum absolute atomic E-state index is 11.7. The topological polar surface area (TPSA) is 134 Å². The number of aliphatic hydroxyl groups excluding tert-OH is 1. The van der Waals surface area contributed by atoms with Gasteiger partial charge in [-0.3, -0.25) is 14.4 Å². The highest BCUT2D eigenvalue weighted by Crippen LogP contribution is 2.23. The Morgan fingerprint density at radius 2 is 2.05 bits per heavy atom. The highest BCUT2D eigenvalue weighted by atomic mass is 32.1. The summed E-state index contributed by atoms with van der Waals surface area (Å²) in [4.78, 5) is 34.2. The Balaban J connectivity index is 2.29. The fourth-order valence-electron chi connectivity index (χ4n) is 1.69. The van der Waals surface area contributed by atoms with Crippen LogP contribution < -0.4 is 16.4 Å². The number of Topliss-reactive ketones (excluding diaryl/α,β-unsaturated/α-hetero) is 1. The molecular formula is C12H21N3O5S. The van der Waals surface area contributed by atoms with E-state index < -0.39 is 30.4 Å². The van der Waals surface area contributed by atoms with Crippen molar-refractivity contribution in [2.24, 2.45) is 5.73 Å². The lowest BCUT2D eigenvalue weighted by Crippen LogP contribution is -2.49. The molecule has 1 heterocycles. The predicted molar refractivity (Wildman–Crippen MR) is 77.6 cm³/mol. The molecule has 120 valence electrons. The Morgan fingerprint density at radius 3 is 2.52 bits per heavy atom. The molecule has 0 aromatic carbocycles. The molecule has 1 aliphatic heterocycles. The largest absolute Gasteiger partial charge is 0.366 e. The summed E-state index contributed by atoms with van der Waals surface area (Å²) in [5.41, 5.74) is 5.72. The van der Waals surface area contributed by atoms with E-state index in [0.29, 0.717) is 6.42 Å². The zero-order chi connectivity index (χ0) is 16.0. The number of nitrogens with one attached hydrogen (secondary N) is 2. The second kappa shape index (κ2) is 8.32. The van der Waals surface area contributed by atoms with E-state index in [2.05, 4.69) is 23.3 Å². The van der Waals surface area contributed by atoms with Crippen molar-refractivity contribution in [3.05, 3.63) is 0 Å². The molecule has 1 aliphatic rings. The molecule has 1 rings (SSSR count). The summed E-state index contributed by atoms with van der Waals surface area (Å²) in [7, 11) is 0. The van der Waals surface area contributed by atoms with Crippen LogP contribution in [0.4, 0.5) is 0 Å². The van der Waals surface area contributed by atoms with Crippen LogP contribution in [0.2, 0.25) is 0 Å². The van der Waals surface area contributed by atoms with E-state index in [9.17, 15) is 14.4 Å². The molecule has 2 amide bonds. The summed E-state index contributed by atoms with van der Waals surface area (Å²) >= 11 is 4.00. The third-order valence-corrected chi connectivity index (χ3v) is 3.34. The second-order valence-corrected chi connectivity index (χ2v) is 5.28. The number of rotatable bonds is 9. The smallest absolute Gasteiger partial charge is 0.243 e. The molecule has 0 aliphatic carbocycles. The van der Waals surface area contributed by atoms with E-state index in [1.54, 1.807) is 0 Å². The quantitative estimate of drug-likeness (QED) is 0.245. The van der Waals surface area contributed by atoms with E-state index >= 15 is 0 Å². The summed E-state index contributed by atoms with van der Waals surface area (Å²) in [6, 6.07) is -1.23. The minimum absolute atomic E-state index is 0.0826. The Morgan fingerprint density at radius 1 is 1.43 bits per heavy atom. The molecule has 0 bridgehead atoms. The second-order valence-electron chi connectivity index (χ2n) is 4.92. The van der Waals surface area contributed by atoms with E-state index in [0.717, 1.165) is 0 Å². The molecule has 0 aromatic heterocycles. The lowest BCUT2D eigenvalue weighted by Gasteiger charge is -2.16. The zero-order valence-corrected chi connectivity index (χ0v) is 12.6. The van der Waals surface area contributed by atoms with E-state index in [-0.39, 0.29) is 30.4 Å². The van der Waals surface area contributed by atoms with Crippen LogP contribution in [0.3, 0.4) is 0 Å². The molecule has 0 spiro atoms. The SMILES string of the molecule is CC(=O)CNC(=O)C(CS)NC(=O)CCC(N)C1OC1O. The first-order valence-corrected chi connectivity index (χ1v) is 7.25. The third kappa shape index (κ3) is 6.42. The summed E-state index contributed by atoms with van der Waals surface area (Å²) in [5.74, 6) is -0.871. The van der Waals surface area contributed by atoms with Gasteiger partial charge in [-0.25, -0.2) is 0 Å². The van der Waals surface area contributed by atoms with Crippen LogP contribution in [0, 0.1) is 0 Å². The number of hydrogen-bond acceptors (Lipinski definition) is 7. The Hall–Kier alpha value is -1.16. The van der Waals surface area contributed by atoms with Crippen molar-refractivity contribution in [2.75, 3.05) is 12.3 Å². The van der Waals surface area contributed by atoms with Gasteiger partial charge in [0.2, 0.25) is 11.8 Å². The van der Waals surface area contributed by atoms with Crippen molar-refractivity contribution < 1.29 is 24.2 Å². The average Bonchev–Trinajstić information content (AvgIpc) is 3.16. The normalized spacial score (nSPS) is 23.0. The van der Waals surface area contributed by atoms with Gasteiger partial charge in [-0.15, -0.1) is 0 Å². The van der Waals surface area contributed by atoms with Crippen molar-refractivity contribution in [1.82, 2.24) is 10.6 Å². The number of nitrogens with two attached hydrogens (primary N) is 1. The van der Waals surface area contributed by atoms with E-state index in [1.807, 2.05) is 0 Å². The van der Waals surface area contributed by atoms with Crippen molar-refractivity contribution in [3.8, 4) is 0 Å². The van der Waals surface area contributed by atoms with Crippen LogP contribution in [0.1, 0.15) is 19.8 Å². The Kier molecular flexibility index (Phi) is 7.09. The first-order valence-electron chi connectivity index (χ1n) is 6.61. The number of amides is 2. The molecule has 1 saturated heterocycles. The lowest BCUT2D eigenvalue weighted by molar-refractivity contribution is -0.129. The molecule has 4 unspecified atom stereocenters. The van der Waals surface area contributed by atoms with Crippen LogP contribution in [0.5, 0.6) is 0 Å². The predicted octanol–water partition coefficient (Wildman–Crippen LogP) is -2.07. The van der Waals surface area contributed by atoms with Crippen LogP contribution in [-0.2, 0) is 19.1 Å². The summed E-state index contributed by atoms with van der Waals surface area (Å²) in [6.07, 6.45) is -0.817. The first-order chi connectivity index (χ1) is 9.85. The van der Waals surface area contributed by atoms with E-state index in [4.69, 9.17) is 15.6 Å². The van der Waals surface area contributed by atoms with Crippen molar-refractivity contribution in [1.29, 1.82) is 0 Å². The zero-order valence-electron chi connectivity index (χ0n) is 11.7. The van der Waals surface area contributed by atoms with E-state index in [1.165, 1.54) is 6.92 Å². The number of ketones is 1. The van der Waals surface area contributed by atoms with Gasteiger partial charge in [0.05, 0.1) is 6.54 Å². The number of epoxide rings is 1. The minimum atomic E-state index is -0.842. The molecule has 21 heavy (non-hydrogen) atoms. The fourth-order valence-corrected chi connectivity index (χ4v) is 1.94. The number of thiol groups is 1. The summed E-state index contributed by atoms with van der Waals surface area (Å²) in [5, 5.41) is 14.0. The molecule has 1 fully saturated rings. The van der Waals surface area contributed by atoms with Gasteiger partial charge in [-0.05, 0) is 13.3 Å². The number of hydrogen-bond donors (Lipinski definition) is 5. The maximum atomic E-state index is 11.7. The molecule has 9 heteroatoms. The number of aliphatic hydroxyl groups is 1. The van der Waals surface area contributed by atoms with Crippen molar-refractivity contribution in [3.63, 3.8) is 0 Å². The highest BCUT2D eigenvalue weighted by Gasteiger charge is 2.41. The summed E-state index contributed by atoms with van der Waals surface area (Å²) in [6.45, 7) is 1.27. The van der Waals surface area contributed by atoms with Gasteiger partial charge in [0, 0.05) is 18.2 Å². The van der Waals surface area contributed by atoms with Gasteiger partial charge in [0.25, 0.3) is 0 Å². The van der Waals surface area contributed by atoms with Crippen LogP contribution >= 0.6 is 12.6 Å². The van der Waals surface area contributed by atoms with Crippen LogP contribution in [-0.4, -0.2) is 59.5 Å². The number of carbonyl (C=O) groups excluding carboxylic acids is 3. The Labute approximate surface area is 128 Å². The van der Waals surface area contributed by atoms with Crippen LogP contribution in [0.25, 0.3) is 0 Å². The molecule has 4 atom stereocenters. The molecule has 5 N–H and O–H groups in total. The lowest BCUT2D eigenvalue weighted by atomic mass is 10.1. The number of carbonyl (C=O) groups is 3. The number of ether oxygens (including phenoxy) is 1. The van der Waals surface area contributed by atoms with Gasteiger partial charge in [-0.2, -0.15) is 12.6 Å². The first kappa shape index (κ1) is 17.9. The molecule has 0 saturated carbocycles. The molecule has 0 aromatic rings. The maximum Gasteiger partial charge on any atom is 0.243 e. The third-order valence-electron chi connectivity index (χ3n) is 2.97.